The van der Waals surface area contributed by atoms with E-state index in [0.717, 1.165) is 12.1 Å². The minimum Gasteiger partial charge on any atom is -0.496 e. The molecule has 1 N–H and O–H groups in total. The topological polar surface area (TPSA) is 74.2 Å². The molecule has 0 radical (unpaired) electrons. The van der Waals surface area contributed by atoms with Gasteiger partial charge in [0.05, 0.1) is 26.4 Å². The van der Waals surface area contributed by atoms with Gasteiger partial charge in [0.2, 0.25) is 0 Å². The highest BCUT2D eigenvalue weighted by atomic mass is 19.4. The second-order valence-electron chi connectivity index (χ2n) is 4.76. The number of esters is 1. The molecule has 0 aromatic heterocycles. The fraction of sp³-hybridized carbons (Fsp3) is 0.400. The molecule has 1 aliphatic rings. The van der Waals surface area contributed by atoms with E-state index in [2.05, 4.69) is 4.74 Å². The highest BCUT2D eigenvalue weighted by Crippen LogP contribution is 2.47. The monoisotopic (exact) mass is 348 g/mol. The van der Waals surface area contributed by atoms with Crippen molar-refractivity contribution >= 4 is 12.0 Å². The van der Waals surface area contributed by atoms with Crippen molar-refractivity contribution < 1.29 is 42.0 Å². The maximum Gasteiger partial charge on any atom is 0.460 e. The van der Waals surface area contributed by atoms with Gasteiger partial charge < -0.3 is 24.1 Å². The van der Waals surface area contributed by atoms with Crippen LogP contribution in [0.25, 0.3) is 6.08 Å². The zero-order valence-electron chi connectivity index (χ0n) is 13.1. The predicted molar refractivity (Wildman–Crippen MR) is 75.8 cm³/mol. The van der Waals surface area contributed by atoms with E-state index in [4.69, 9.17) is 14.2 Å². The molecule has 0 amide bonds. The maximum absolute atomic E-state index is 13.3. The molecular weight excluding hydrogens is 333 g/mol. The van der Waals surface area contributed by atoms with Gasteiger partial charge in [-0.3, -0.25) is 0 Å². The van der Waals surface area contributed by atoms with Gasteiger partial charge in [0.25, 0.3) is 0 Å². The van der Waals surface area contributed by atoms with Crippen LogP contribution in [0.3, 0.4) is 0 Å². The largest absolute Gasteiger partial charge is 0.496 e. The van der Waals surface area contributed by atoms with E-state index in [1.54, 1.807) is 0 Å². The second-order valence-corrected chi connectivity index (χ2v) is 4.76. The fourth-order valence-corrected chi connectivity index (χ4v) is 2.16. The molecule has 1 aliphatic heterocycles. The third-order valence-corrected chi connectivity index (χ3v) is 3.32. The van der Waals surface area contributed by atoms with Crippen molar-refractivity contribution in [3.05, 3.63) is 23.3 Å². The van der Waals surface area contributed by atoms with E-state index in [1.165, 1.54) is 27.2 Å². The Morgan fingerprint density at radius 2 is 1.96 bits per heavy atom. The molecule has 6 nitrogen and oxygen atoms in total. The summed E-state index contributed by atoms with van der Waals surface area (Å²) in [5, 5.41) is 10.0. The molecular formula is C15H15F3O6. The van der Waals surface area contributed by atoms with E-state index in [1.807, 2.05) is 0 Å². The second kappa shape index (κ2) is 6.23. The highest BCUT2D eigenvalue weighted by molar-refractivity contribution is 5.97. The summed E-state index contributed by atoms with van der Waals surface area (Å²) in [4.78, 5) is 11.9. The lowest BCUT2D eigenvalue weighted by molar-refractivity contribution is -0.316. The summed E-state index contributed by atoms with van der Waals surface area (Å²) < 4.78 is 59.4. The van der Waals surface area contributed by atoms with Gasteiger partial charge in [-0.25, -0.2) is 4.79 Å². The van der Waals surface area contributed by atoms with Crippen molar-refractivity contribution in [1.29, 1.82) is 0 Å². The smallest absolute Gasteiger partial charge is 0.460 e. The Bertz CT molecular complexity index is 683. The summed E-state index contributed by atoms with van der Waals surface area (Å²) in [6.07, 6.45) is -4.44. The SMILES string of the molecule is CCOC(=O)C1=Cc2c(OC)cc(OC)cc2OC1(O)C(F)(F)F. The van der Waals surface area contributed by atoms with Crippen LogP contribution < -0.4 is 14.2 Å². The first-order chi connectivity index (χ1) is 11.2. The minimum absolute atomic E-state index is 0.0512. The summed E-state index contributed by atoms with van der Waals surface area (Å²) in [7, 11) is 2.59. The van der Waals surface area contributed by atoms with E-state index < -0.39 is 23.5 Å². The molecule has 1 atom stereocenters. The standard InChI is InChI=1S/C15H15F3O6/c1-4-23-13(19)10-7-9-11(22-3)5-8(21-2)6-12(9)24-14(10,20)15(16,17)18/h5-7,20H,4H2,1-3H3. The van der Waals surface area contributed by atoms with Crippen LogP contribution in [0.2, 0.25) is 0 Å². The average molecular weight is 348 g/mol. The Labute approximate surface area is 135 Å². The Hall–Kier alpha value is -2.42. The summed E-state index contributed by atoms with van der Waals surface area (Å²) in [6, 6.07) is 2.55. The zero-order chi connectivity index (χ0) is 18.1. The molecule has 1 unspecified atom stereocenters. The molecule has 132 valence electrons. The summed E-state index contributed by atoms with van der Waals surface area (Å²) in [5.41, 5.74) is -1.04. The van der Waals surface area contributed by atoms with Crippen molar-refractivity contribution in [2.75, 3.05) is 20.8 Å². The van der Waals surface area contributed by atoms with E-state index in [-0.39, 0.29) is 29.4 Å². The number of rotatable bonds is 4. The van der Waals surface area contributed by atoms with Crippen LogP contribution in [0, 0.1) is 0 Å². The molecule has 0 saturated carbocycles. The molecule has 0 fully saturated rings. The Morgan fingerprint density at radius 1 is 1.29 bits per heavy atom. The molecule has 0 aliphatic carbocycles. The van der Waals surface area contributed by atoms with Crippen molar-refractivity contribution in [2.24, 2.45) is 0 Å². The van der Waals surface area contributed by atoms with Crippen molar-refractivity contribution in [3.8, 4) is 17.2 Å². The molecule has 1 heterocycles. The van der Waals surface area contributed by atoms with Crippen molar-refractivity contribution in [2.45, 2.75) is 18.9 Å². The quantitative estimate of drug-likeness (QED) is 0.842. The Balaban J connectivity index is 2.69. The Kier molecular flexibility index (Phi) is 4.66. The molecule has 2 rings (SSSR count). The van der Waals surface area contributed by atoms with Gasteiger partial charge in [-0.15, -0.1) is 0 Å². The van der Waals surface area contributed by atoms with Gasteiger partial charge in [-0.2, -0.15) is 13.2 Å². The fourth-order valence-electron chi connectivity index (χ4n) is 2.16. The molecule has 0 bridgehead atoms. The number of fused-ring (bicyclic) bond motifs is 1. The molecule has 9 heteroatoms. The first-order valence-electron chi connectivity index (χ1n) is 6.81. The van der Waals surface area contributed by atoms with Gasteiger partial charge in [0.15, 0.2) is 0 Å². The molecule has 0 saturated heterocycles. The summed E-state index contributed by atoms with van der Waals surface area (Å²) in [5.74, 6) is -5.28. The third kappa shape index (κ3) is 2.86. The number of alkyl halides is 3. The predicted octanol–water partition coefficient (Wildman–Crippen LogP) is 2.29. The zero-order valence-corrected chi connectivity index (χ0v) is 13.1. The van der Waals surface area contributed by atoms with Crippen LogP contribution in [-0.4, -0.2) is 43.9 Å². The number of halogens is 3. The normalized spacial score (nSPS) is 19.7. The number of carbonyl (C=O) groups excluding carboxylic acids is 1. The van der Waals surface area contributed by atoms with Gasteiger partial charge in [-0.1, -0.05) is 0 Å². The number of hydrogen-bond acceptors (Lipinski definition) is 6. The molecule has 0 spiro atoms. The highest BCUT2D eigenvalue weighted by Gasteiger charge is 2.63. The average Bonchev–Trinajstić information content (AvgIpc) is 2.51. The van der Waals surface area contributed by atoms with Crippen LogP contribution in [0.15, 0.2) is 17.7 Å². The lowest BCUT2D eigenvalue weighted by Gasteiger charge is -2.35. The van der Waals surface area contributed by atoms with Crippen LogP contribution >= 0.6 is 0 Å². The van der Waals surface area contributed by atoms with E-state index in [0.29, 0.717) is 0 Å². The van der Waals surface area contributed by atoms with E-state index in [9.17, 15) is 23.1 Å². The van der Waals surface area contributed by atoms with Crippen LogP contribution in [0.5, 0.6) is 17.2 Å². The lowest BCUT2D eigenvalue weighted by atomic mass is 9.97. The van der Waals surface area contributed by atoms with Gasteiger partial charge >= 0.3 is 17.9 Å². The number of benzene rings is 1. The third-order valence-electron chi connectivity index (χ3n) is 3.32. The molecule has 24 heavy (non-hydrogen) atoms. The van der Waals surface area contributed by atoms with Crippen LogP contribution in [0.4, 0.5) is 13.2 Å². The lowest BCUT2D eigenvalue weighted by Crippen LogP contribution is -2.55. The molecule has 1 aromatic carbocycles. The summed E-state index contributed by atoms with van der Waals surface area (Å²) >= 11 is 0. The number of carbonyl (C=O) groups is 1. The minimum atomic E-state index is -5.28. The first kappa shape index (κ1) is 17.9. The van der Waals surface area contributed by atoms with Gasteiger partial charge in [0.1, 0.15) is 22.8 Å². The first-order valence-corrected chi connectivity index (χ1v) is 6.81. The Morgan fingerprint density at radius 3 is 2.46 bits per heavy atom. The van der Waals surface area contributed by atoms with Crippen molar-refractivity contribution in [3.63, 3.8) is 0 Å². The van der Waals surface area contributed by atoms with E-state index >= 15 is 0 Å². The van der Waals surface area contributed by atoms with Gasteiger partial charge in [-0.05, 0) is 13.0 Å². The molecule has 1 aromatic rings. The number of hydrogen-bond donors (Lipinski definition) is 1. The van der Waals surface area contributed by atoms with Crippen molar-refractivity contribution in [1.82, 2.24) is 0 Å². The van der Waals surface area contributed by atoms with Gasteiger partial charge in [0, 0.05) is 12.1 Å². The number of methoxy groups -OCH3 is 2. The number of aliphatic hydroxyl groups is 1. The van der Waals surface area contributed by atoms with Crippen LogP contribution in [-0.2, 0) is 9.53 Å². The number of ether oxygens (including phenoxy) is 4. The summed E-state index contributed by atoms with van der Waals surface area (Å²) in [6.45, 7) is 1.25. The maximum atomic E-state index is 13.3. The van der Waals surface area contributed by atoms with Crippen LogP contribution in [0.1, 0.15) is 12.5 Å².